The number of piperidine rings is 1. The molecule has 0 N–H and O–H groups in total. The predicted octanol–water partition coefficient (Wildman–Crippen LogP) is 2.92. The highest BCUT2D eigenvalue weighted by Gasteiger charge is 2.27. The second-order valence-electron chi connectivity index (χ2n) is 5.05. The fraction of sp³-hybridized carbons (Fsp3) is 0.500. The van der Waals surface area contributed by atoms with Crippen molar-refractivity contribution < 1.29 is 9.72 Å². The van der Waals surface area contributed by atoms with Crippen LogP contribution in [0, 0.1) is 17.0 Å². The molecule has 1 aromatic carbocycles. The minimum absolute atomic E-state index is 0.00973. The Morgan fingerprint density at radius 2 is 2.16 bits per heavy atom. The fourth-order valence-corrected chi connectivity index (χ4v) is 2.61. The Morgan fingerprint density at radius 1 is 1.42 bits per heavy atom. The number of likely N-dealkylation sites (tertiary alicyclic amines) is 1. The quantitative estimate of drug-likeness (QED) is 0.608. The van der Waals surface area contributed by atoms with E-state index in [9.17, 15) is 14.9 Å². The molecule has 2 rings (SSSR count). The van der Waals surface area contributed by atoms with Crippen LogP contribution in [-0.4, -0.2) is 28.3 Å². The van der Waals surface area contributed by atoms with Crippen molar-refractivity contribution in [1.82, 2.24) is 4.90 Å². The number of carbonyl (C=O) groups is 1. The summed E-state index contributed by atoms with van der Waals surface area (Å²) in [6.45, 7) is 4.41. The van der Waals surface area contributed by atoms with E-state index in [0.717, 1.165) is 25.8 Å². The number of carbonyl (C=O) groups excluding carboxylic acids is 1. The molecule has 0 saturated carbocycles. The highest BCUT2D eigenvalue weighted by atomic mass is 16.6. The van der Waals surface area contributed by atoms with Gasteiger partial charge in [0.25, 0.3) is 11.6 Å². The van der Waals surface area contributed by atoms with Crippen LogP contribution in [0.5, 0.6) is 0 Å². The third-order valence-corrected chi connectivity index (χ3v) is 3.80. The molecule has 19 heavy (non-hydrogen) atoms. The zero-order valence-electron chi connectivity index (χ0n) is 11.3. The topological polar surface area (TPSA) is 63.5 Å². The van der Waals surface area contributed by atoms with Gasteiger partial charge in [-0.15, -0.1) is 0 Å². The summed E-state index contributed by atoms with van der Waals surface area (Å²) in [7, 11) is 0. The maximum absolute atomic E-state index is 12.5. The molecule has 1 saturated heterocycles. The van der Waals surface area contributed by atoms with Gasteiger partial charge in [-0.25, -0.2) is 0 Å². The lowest BCUT2D eigenvalue weighted by molar-refractivity contribution is -0.385. The van der Waals surface area contributed by atoms with Gasteiger partial charge in [-0.2, -0.15) is 0 Å². The molecule has 0 bridgehead atoms. The average Bonchev–Trinajstić information content (AvgIpc) is 2.38. The van der Waals surface area contributed by atoms with Crippen molar-refractivity contribution in [2.75, 3.05) is 6.54 Å². The van der Waals surface area contributed by atoms with E-state index in [0.29, 0.717) is 11.1 Å². The van der Waals surface area contributed by atoms with E-state index >= 15 is 0 Å². The average molecular weight is 262 g/mol. The highest BCUT2D eigenvalue weighted by Crippen LogP contribution is 2.25. The van der Waals surface area contributed by atoms with Crippen LogP contribution < -0.4 is 0 Å². The van der Waals surface area contributed by atoms with Crippen LogP contribution in [-0.2, 0) is 0 Å². The summed E-state index contributed by atoms with van der Waals surface area (Å²) < 4.78 is 0. The molecule has 1 atom stereocenters. The molecule has 0 unspecified atom stereocenters. The lowest BCUT2D eigenvalue weighted by Crippen LogP contribution is -2.42. The van der Waals surface area contributed by atoms with E-state index in [1.807, 2.05) is 11.8 Å². The van der Waals surface area contributed by atoms with Gasteiger partial charge in [0, 0.05) is 29.8 Å². The van der Waals surface area contributed by atoms with Crippen molar-refractivity contribution in [3.8, 4) is 0 Å². The minimum Gasteiger partial charge on any atom is -0.336 e. The molecule has 5 heteroatoms. The molecular formula is C14H18N2O3. The van der Waals surface area contributed by atoms with E-state index in [1.165, 1.54) is 6.07 Å². The Bertz CT molecular complexity index is 513. The Morgan fingerprint density at radius 3 is 2.79 bits per heavy atom. The second kappa shape index (κ2) is 5.38. The largest absolute Gasteiger partial charge is 0.336 e. The molecule has 5 nitrogen and oxygen atoms in total. The number of nitro benzene ring substituents is 1. The number of rotatable bonds is 2. The summed E-state index contributed by atoms with van der Waals surface area (Å²) in [5.74, 6) is -0.0894. The summed E-state index contributed by atoms with van der Waals surface area (Å²) in [4.78, 5) is 24.8. The van der Waals surface area contributed by atoms with Crippen molar-refractivity contribution in [3.63, 3.8) is 0 Å². The molecule has 0 spiro atoms. The van der Waals surface area contributed by atoms with Crippen molar-refractivity contribution >= 4 is 11.6 Å². The Kier molecular flexibility index (Phi) is 3.83. The third-order valence-electron chi connectivity index (χ3n) is 3.80. The van der Waals surface area contributed by atoms with Crippen LogP contribution in [0.4, 0.5) is 5.69 Å². The van der Waals surface area contributed by atoms with Gasteiger partial charge in [0.15, 0.2) is 0 Å². The zero-order chi connectivity index (χ0) is 14.0. The molecule has 1 aliphatic heterocycles. The summed E-state index contributed by atoms with van der Waals surface area (Å²) in [5, 5.41) is 10.9. The Balaban J connectivity index is 2.33. The first-order chi connectivity index (χ1) is 9.02. The first kappa shape index (κ1) is 13.5. The number of amides is 1. The third kappa shape index (κ3) is 2.59. The summed E-state index contributed by atoms with van der Waals surface area (Å²) in [6.07, 6.45) is 3.14. The van der Waals surface area contributed by atoms with Gasteiger partial charge in [-0.05, 0) is 39.2 Å². The molecule has 0 aliphatic carbocycles. The van der Waals surface area contributed by atoms with E-state index in [2.05, 4.69) is 0 Å². The molecule has 1 aromatic rings. The van der Waals surface area contributed by atoms with Crippen LogP contribution in [0.3, 0.4) is 0 Å². The molecule has 0 aromatic heterocycles. The number of hydrogen-bond acceptors (Lipinski definition) is 3. The molecule has 102 valence electrons. The fourth-order valence-electron chi connectivity index (χ4n) is 2.61. The van der Waals surface area contributed by atoms with Gasteiger partial charge in [0.05, 0.1) is 4.92 Å². The number of nitro groups is 1. The predicted molar refractivity (Wildman–Crippen MR) is 72.2 cm³/mol. The Labute approximate surface area is 112 Å². The normalized spacial score (nSPS) is 19.3. The summed E-state index contributed by atoms with van der Waals surface area (Å²) in [5.41, 5.74) is 0.911. The van der Waals surface area contributed by atoms with Crippen LogP contribution in [0.1, 0.15) is 42.1 Å². The maximum Gasteiger partial charge on any atom is 0.273 e. The zero-order valence-corrected chi connectivity index (χ0v) is 11.3. The van der Waals surface area contributed by atoms with Gasteiger partial charge in [-0.3, -0.25) is 14.9 Å². The minimum atomic E-state index is -0.439. The van der Waals surface area contributed by atoms with Gasteiger partial charge < -0.3 is 4.90 Å². The SMILES string of the molecule is Cc1c(C(=O)N2CCCC[C@@H]2C)cccc1[N+](=O)[O-]. The monoisotopic (exact) mass is 262 g/mol. The van der Waals surface area contributed by atoms with Crippen LogP contribution >= 0.6 is 0 Å². The van der Waals surface area contributed by atoms with Crippen LogP contribution in [0.2, 0.25) is 0 Å². The number of nitrogens with zero attached hydrogens (tertiary/aromatic N) is 2. The van der Waals surface area contributed by atoms with Gasteiger partial charge >= 0.3 is 0 Å². The smallest absolute Gasteiger partial charge is 0.273 e. The molecule has 1 aliphatic rings. The van der Waals surface area contributed by atoms with Gasteiger partial charge in [0.1, 0.15) is 0 Å². The maximum atomic E-state index is 12.5. The molecule has 1 heterocycles. The summed E-state index contributed by atoms with van der Waals surface area (Å²) in [6, 6.07) is 4.89. The molecule has 1 amide bonds. The molecule has 0 radical (unpaired) electrons. The van der Waals surface area contributed by atoms with Crippen LogP contribution in [0.25, 0.3) is 0 Å². The highest BCUT2D eigenvalue weighted by molar-refractivity contribution is 5.96. The van der Waals surface area contributed by atoms with Crippen LogP contribution in [0.15, 0.2) is 18.2 Å². The van der Waals surface area contributed by atoms with Crippen molar-refractivity contribution in [1.29, 1.82) is 0 Å². The van der Waals surface area contributed by atoms with Crippen molar-refractivity contribution in [2.24, 2.45) is 0 Å². The second-order valence-corrected chi connectivity index (χ2v) is 5.05. The molecular weight excluding hydrogens is 244 g/mol. The van der Waals surface area contributed by atoms with Crippen molar-refractivity contribution in [2.45, 2.75) is 39.2 Å². The van der Waals surface area contributed by atoms with E-state index < -0.39 is 4.92 Å². The van der Waals surface area contributed by atoms with Crippen molar-refractivity contribution in [3.05, 3.63) is 39.4 Å². The number of benzene rings is 1. The van der Waals surface area contributed by atoms with E-state index in [1.54, 1.807) is 19.1 Å². The van der Waals surface area contributed by atoms with E-state index in [4.69, 9.17) is 0 Å². The standard InChI is InChI=1S/C14H18N2O3/c1-10-6-3-4-9-15(10)14(17)12-7-5-8-13(11(12)2)16(18)19/h5,7-8,10H,3-4,6,9H2,1-2H3/t10-/m0/s1. The van der Waals surface area contributed by atoms with Gasteiger partial charge in [-0.1, -0.05) is 6.07 Å². The first-order valence-electron chi connectivity index (χ1n) is 6.57. The lowest BCUT2D eigenvalue weighted by Gasteiger charge is -2.33. The Hall–Kier alpha value is -1.91. The van der Waals surface area contributed by atoms with Gasteiger partial charge in [0.2, 0.25) is 0 Å². The lowest BCUT2D eigenvalue weighted by atomic mass is 10.00. The number of hydrogen-bond donors (Lipinski definition) is 0. The van der Waals surface area contributed by atoms with E-state index in [-0.39, 0.29) is 17.6 Å². The summed E-state index contributed by atoms with van der Waals surface area (Å²) >= 11 is 0. The first-order valence-corrected chi connectivity index (χ1v) is 6.57. The molecule has 1 fully saturated rings.